The molecule has 24 heavy (non-hydrogen) atoms. The van der Waals surface area contributed by atoms with Crippen LogP contribution in [0, 0.1) is 6.92 Å². The van der Waals surface area contributed by atoms with Crippen LogP contribution in [-0.2, 0) is 12.2 Å². The number of hydrogen-bond acceptors (Lipinski definition) is 7. The molecule has 0 aliphatic carbocycles. The molecular weight excluding hydrogens is 346 g/mol. The van der Waals surface area contributed by atoms with Crippen molar-refractivity contribution in [2.75, 3.05) is 5.73 Å². The maximum absolute atomic E-state index is 6.06. The molecule has 0 amide bonds. The van der Waals surface area contributed by atoms with E-state index in [-0.39, 0.29) is 5.95 Å². The lowest BCUT2D eigenvalue weighted by atomic mass is 10.1. The van der Waals surface area contributed by atoms with Crippen LogP contribution in [0.5, 0.6) is 0 Å². The Bertz CT molecular complexity index is 867. The quantitative estimate of drug-likeness (QED) is 0.688. The molecule has 124 valence electrons. The molecule has 1 aromatic carbocycles. The van der Waals surface area contributed by atoms with E-state index in [0.29, 0.717) is 39.8 Å². The van der Waals surface area contributed by atoms with Gasteiger partial charge in [-0.05, 0) is 24.6 Å². The Balaban J connectivity index is 1.75. The third-order valence-corrected chi connectivity index (χ3v) is 4.41. The number of nitrogen functional groups attached to an aromatic ring is 1. The average Bonchev–Trinajstić information content (AvgIpc) is 3.03. The summed E-state index contributed by atoms with van der Waals surface area (Å²) in [7, 11) is 0. The number of aromatic nitrogens is 4. The lowest BCUT2D eigenvalue weighted by Gasteiger charge is -2.03. The Morgan fingerprint density at radius 2 is 2.08 bits per heavy atom. The number of anilines is 1. The van der Waals surface area contributed by atoms with Crippen LogP contribution in [0.4, 0.5) is 5.95 Å². The first-order valence-corrected chi connectivity index (χ1v) is 8.76. The summed E-state index contributed by atoms with van der Waals surface area (Å²) in [6.45, 7) is 3.97. The van der Waals surface area contributed by atoms with Gasteiger partial charge in [0.25, 0.3) is 0 Å². The summed E-state index contributed by atoms with van der Waals surface area (Å²) in [5.74, 6) is 2.69. The van der Waals surface area contributed by atoms with Crippen molar-refractivity contribution in [3.05, 3.63) is 46.7 Å². The molecule has 0 bridgehead atoms. The largest absolute Gasteiger partial charge is 0.440 e. The monoisotopic (exact) mass is 361 g/mol. The number of nitrogens with two attached hydrogens (primary N) is 1. The number of oxazole rings is 1. The van der Waals surface area contributed by atoms with E-state index in [2.05, 4.69) is 19.9 Å². The Morgan fingerprint density at radius 3 is 2.88 bits per heavy atom. The van der Waals surface area contributed by atoms with E-state index in [1.807, 2.05) is 32.0 Å². The van der Waals surface area contributed by atoms with E-state index in [1.54, 1.807) is 6.20 Å². The first-order chi connectivity index (χ1) is 11.5. The molecule has 8 heteroatoms. The number of benzene rings is 1. The van der Waals surface area contributed by atoms with Crippen LogP contribution < -0.4 is 5.73 Å². The summed E-state index contributed by atoms with van der Waals surface area (Å²) < 4.78 is 5.82. The van der Waals surface area contributed by atoms with E-state index in [4.69, 9.17) is 21.8 Å². The van der Waals surface area contributed by atoms with Gasteiger partial charge in [-0.15, -0.1) is 0 Å². The number of hydrogen-bond donors (Lipinski definition) is 1. The minimum absolute atomic E-state index is 0.229. The van der Waals surface area contributed by atoms with E-state index in [1.165, 1.54) is 11.8 Å². The molecular formula is C16H16ClN5OS. The van der Waals surface area contributed by atoms with E-state index in [9.17, 15) is 0 Å². The molecule has 3 aromatic rings. The van der Waals surface area contributed by atoms with Crippen molar-refractivity contribution in [3.63, 3.8) is 0 Å². The number of aryl methyl sites for hydroxylation is 2. The van der Waals surface area contributed by atoms with Gasteiger partial charge in [0.2, 0.25) is 11.8 Å². The highest BCUT2D eigenvalue weighted by molar-refractivity contribution is 7.98. The fourth-order valence-corrected chi connectivity index (χ4v) is 3.01. The summed E-state index contributed by atoms with van der Waals surface area (Å²) in [6, 6.07) is 5.67. The third kappa shape index (κ3) is 3.85. The Morgan fingerprint density at radius 1 is 1.25 bits per heavy atom. The second kappa shape index (κ2) is 7.19. The standard InChI is InChI=1S/C16H16ClN5OS/c1-3-13-20-15(18)22-16(21-13)24-8-14-19-7-12(23-14)11-6-10(17)5-4-9(11)2/h4-7H,3,8H2,1-2H3,(H2,18,20,21,22). The molecule has 0 aliphatic heterocycles. The van der Waals surface area contributed by atoms with Crippen LogP contribution in [0.25, 0.3) is 11.3 Å². The lowest BCUT2D eigenvalue weighted by Crippen LogP contribution is -2.03. The summed E-state index contributed by atoms with van der Waals surface area (Å²) >= 11 is 7.47. The molecule has 2 N–H and O–H groups in total. The van der Waals surface area contributed by atoms with Gasteiger partial charge in [-0.2, -0.15) is 9.97 Å². The van der Waals surface area contributed by atoms with Gasteiger partial charge in [0.1, 0.15) is 5.82 Å². The molecule has 0 radical (unpaired) electrons. The van der Waals surface area contributed by atoms with E-state index in [0.717, 1.165) is 11.1 Å². The second-order valence-corrected chi connectivity index (χ2v) is 6.49. The third-order valence-electron chi connectivity index (χ3n) is 3.34. The summed E-state index contributed by atoms with van der Waals surface area (Å²) in [5.41, 5.74) is 7.70. The van der Waals surface area contributed by atoms with Gasteiger partial charge in [0, 0.05) is 17.0 Å². The smallest absolute Gasteiger partial charge is 0.224 e. The van der Waals surface area contributed by atoms with Crippen molar-refractivity contribution in [3.8, 4) is 11.3 Å². The molecule has 0 spiro atoms. The van der Waals surface area contributed by atoms with Crippen molar-refractivity contribution in [2.24, 2.45) is 0 Å². The Kier molecular flexibility index (Phi) is 5.01. The van der Waals surface area contributed by atoms with E-state index >= 15 is 0 Å². The molecule has 3 rings (SSSR count). The van der Waals surface area contributed by atoms with Gasteiger partial charge in [-0.1, -0.05) is 36.4 Å². The predicted molar refractivity (Wildman–Crippen MR) is 94.9 cm³/mol. The zero-order chi connectivity index (χ0) is 17.1. The van der Waals surface area contributed by atoms with Crippen LogP contribution in [0.1, 0.15) is 24.2 Å². The fraction of sp³-hybridized carbons (Fsp3) is 0.250. The normalized spacial score (nSPS) is 11.0. The topological polar surface area (TPSA) is 90.7 Å². The molecule has 6 nitrogen and oxygen atoms in total. The molecule has 0 saturated carbocycles. The number of nitrogens with zero attached hydrogens (tertiary/aromatic N) is 4. The minimum atomic E-state index is 0.229. The molecule has 0 saturated heterocycles. The van der Waals surface area contributed by atoms with Gasteiger partial charge in [-0.3, -0.25) is 0 Å². The van der Waals surface area contributed by atoms with Crippen LogP contribution in [0.15, 0.2) is 34.0 Å². The molecule has 2 heterocycles. The summed E-state index contributed by atoms with van der Waals surface area (Å²) in [6.07, 6.45) is 2.41. The molecule has 0 aliphatic rings. The summed E-state index contributed by atoms with van der Waals surface area (Å²) in [4.78, 5) is 16.8. The Hall–Kier alpha value is -2.12. The van der Waals surface area contributed by atoms with Crippen molar-refractivity contribution < 1.29 is 4.42 Å². The number of rotatable bonds is 5. The van der Waals surface area contributed by atoms with Gasteiger partial charge in [0.05, 0.1) is 11.9 Å². The molecule has 0 unspecified atom stereocenters. The van der Waals surface area contributed by atoms with Crippen LogP contribution in [-0.4, -0.2) is 19.9 Å². The number of thioether (sulfide) groups is 1. The zero-order valence-corrected chi connectivity index (χ0v) is 14.9. The van der Waals surface area contributed by atoms with Crippen molar-refractivity contribution in [1.29, 1.82) is 0 Å². The maximum Gasteiger partial charge on any atom is 0.224 e. The van der Waals surface area contributed by atoms with Gasteiger partial charge in [0.15, 0.2) is 10.9 Å². The molecule has 0 atom stereocenters. The Labute approximate surface area is 148 Å². The fourth-order valence-electron chi connectivity index (χ4n) is 2.13. The minimum Gasteiger partial charge on any atom is -0.440 e. The van der Waals surface area contributed by atoms with Crippen LogP contribution in [0.2, 0.25) is 5.02 Å². The lowest BCUT2D eigenvalue weighted by molar-refractivity contribution is 0.529. The van der Waals surface area contributed by atoms with Crippen LogP contribution in [0.3, 0.4) is 0 Å². The molecule has 2 aromatic heterocycles. The van der Waals surface area contributed by atoms with Crippen molar-refractivity contribution >= 4 is 29.3 Å². The van der Waals surface area contributed by atoms with E-state index < -0.39 is 0 Å². The average molecular weight is 362 g/mol. The number of halogens is 1. The summed E-state index contributed by atoms with van der Waals surface area (Å²) in [5, 5.41) is 1.23. The second-order valence-electron chi connectivity index (χ2n) is 5.11. The maximum atomic E-state index is 6.06. The zero-order valence-electron chi connectivity index (χ0n) is 13.3. The first-order valence-electron chi connectivity index (χ1n) is 7.39. The van der Waals surface area contributed by atoms with Gasteiger partial charge in [-0.25, -0.2) is 9.97 Å². The van der Waals surface area contributed by atoms with Gasteiger partial charge < -0.3 is 10.2 Å². The highest BCUT2D eigenvalue weighted by Gasteiger charge is 2.11. The predicted octanol–water partition coefficient (Wildman–Crippen LogP) is 3.93. The SMILES string of the molecule is CCc1nc(N)nc(SCc2ncc(-c3cc(Cl)ccc3C)o2)n1. The van der Waals surface area contributed by atoms with Crippen LogP contribution >= 0.6 is 23.4 Å². The van der Waals surface area contributed by atoms with Gasteiger partial charge >= 0.3 is 0 Å². The van der Waals surface area contributed by atoms with Crippen molar-refractivity contribution in [2.45, 2.75) is 31.2 Å². The highest BCUT2D eigenvalue weighted by atomic mass is 35.5. The molecule has 0 fully saturated rings. The first kappa shape index (κ1) is 16.7. The van der Waals surface area contributed by atoms with Crippen molar-refractivity contribution in [1.82, 2.24) is 19.9 Å². The highest BCUT2D eigenvalue weighted by Crippen LogP contribution is 2.28.